The molecule has 2 heterocycles. The predicted octanol–water partition coefficient (Wildman–Crippen LogP) is 4.02. The van der Waals surface area contributed by atoms with Crippen LogP contribution in [0.25, 0.3) is 6.08 Å². The quantitative estimate of drug-likeness (QED) is 0.333. The second-order valence-electron chi connectivity index (χ2n) is 7.55. The number of hydrogen-bond donors (Lipinski definition) is 1. The maximum absolute atomic E-state index is 13.6. The van der Waals surface area contributed by atoms with E-state index in [1.165, 1.54) is 11.3 Å². The Kier molecular flexibility index (Phi) is 7.10. The van der Waals surface area contributed by atoms with Gasteiger partial charge < -0.3 is 9.84 Å². The molecule has 0 saturated carbocycles. The third kappa shape index (κ3) is 4.67. The second kappa shape index (κ2) is 9.71. The number of phenolic OH excluding ortho intramolecular Hbond substituents is 1. The molecule has 1 aliphatic rings. The molecule has 0 bridgehead atoms. The summed E-state index contributed by atoms with van der Waals surface area (Å²) in [4.78, 5) is 31.6. The molecule has 0 unspecified atom stereocenters. The third-order valence-electron chi connectivity index (χ3n) is 5.25. The first kappa shape index (κ1) is 24.1. The summed E-state index contributed by atoms with van der Waals surface area (Å²) in [6, 6.07) is 10.8. The number of aryl methyl sites for hydroxylation is 1. The van der Waals surface area contributed by atoms with Crippen LogP contribution in [0.5, 0.6) is 5.75 Å². The van der Waals surface area contributed by atoms with Crippen LogP contribution in [0, 0.1) is 14.1 Å². The second-order valence-corrected chi connectivity index (χ2v) is 10.9. The molecule has 0 amide bonds. The van der Waals surface area contributed by atoms with E-state index in [9.17, 15) is 14.7 Å². The van der Waals surface area contributed by atoms with Gasteiger partial charge in [-0.15, -0.1) is 0 Å². The van der Waals surface area contributed by atoms with Gasteiger partial charge in [0.25, 0.3) is 5.56 Å². The molecule has 2 aromatic carbocycles. The Morgan fingerprint density at radius 2 is 1.85 bits per heavy atom. The van der Waals surface area contributed by atoms with Crippen molar-refractivity contribution < 1.29 is 14.6 Å². The largest absolute Gasteiger partial charge is 0.506 e. The van der Waals surface area contributed by atoms with Crippen LogP contribution in [-0.2, 0) is 9.53 Å². The summed E-state index contributed by atoms with van der Waals surface area (Å²) in [7, 11) is 0. The topological polar surface area (TPSA) is 80.9 Å². The van der Waals surface area contributed by atoms with Gasteiger partial charge in [-0.1, -0.05) is 41.2 Å². The highest BCUT2D eigenvalue weighted by molar-refractivity contribution is 14.1. The summed E-state index contributed by atoms with van der Waals surface area (Å²) in [6.07, 6.45) is 1.79. The van der Waals surface area contributed by atoms with Crippen molar-refractivity contribution in [2.24, 2.45) is 4.99 Å². The third-order valence-corrected chi connectivity index (χ3v) is 7.87. The number of nitrogens with zero attached hydrogens (tertiary/aromatic N) is 2. The Balaban J connectivity index is 1.96. The van der Waals surface area contributed by atoms with Gasteiger partial charge in [-0.05, 0) is 95.3 Å². The van der Waals surface area contributed by atoms with Crippen LogP contribution in [0.4, 0.5) is 0 Å². The van der Waals surface area contributed by atoms with Crippen molar-refractivity contribution in [3.05, 3.63) is 91.2 Å². The molecule has 170 valence electrons. The number of hydrogen-bond acceptors (Lipinski definition) is 6. The lowest BCUT2D eigenvalue weighted by molar-refractivity contribution is -0.139. The highest BCUT2D eigenvalue weighted by Gasteiger charge is 2.33. The van der Waals surface area contributed by atoms with Gasteiger partial charge >= 0.3 is 5.97 Å². The number of aromatic nitrogens is 1. The number of thiazole rings is 1. The lowest BCUT2D eigenvalue weighted by atomic mass is 9.95. The average Bonchev–Trinajstić information content (AvgIpc) is 3.06. The minimum absolute atomic E-state index is 0.225. The van der Waals surface area contributed by atoms with Crippen LogP contribution in [0.15, 0.2) is 57.5 Å². The van der Waals surface area contributed by atoms with Crippen LogP contribution in [-0.4, -0.2) is 22.2 Å². The molecule has 3 aromatic rings. The van der Waals surface area contributed by atoms with Crippen LogP contribution in [0.1, 0.15) is 36.6 Å². The molecule has 9 heteroatoms. The zero-order valence-corrected chi connectivity index (χ0v) is 23.2. The van der Waals surface area contributed by atoms with Gasteiger partial charge in [0.05, 0.1) is 35.6 Å². The van der Waals surface area contributed by atoms with Crippen LogP contribution >= 0.6 is 56.5 Å². The van der Waals surface area contributed by atoms with Crippen molar-refractivity contribution in [1.29, 1.82) is 0 Å². The predicted molar refractivity (Wildman–Crippen MR) is 145 cm³/mol. The number of carbonyl (C=O) groups excluding carboxylic acids is 1. The van der Waals surface area contributed by atoms with E-state index in [0.29, 0.717) is 27.7 Å². The van der Waals surface area contributed by atoms with Crippen molar-refractivity contribution in [3.8, 4) is 5.75 Å². The van der Waals surface area contributed by atoms with Crippen LogP contribution in [0.2, 0.25) is 0 Å². The van der Waals surface area contributed by atoms with E-state index >= 15 is 0 Å². The molecule has 0 spiro atoms. The van der Waals surface area contributed by atoms with Gasteiger partial charge in [-0.2, -0.15) is 0 Å². The summed E-state index contributed by atoms with van der Waals surface area (Å²) in [5.74, 6) is -0.245. The highest BCUT2D eigenvalue weighted by Crippen LogP contribution is 2.31. The Hall–Kier alpha value is -1.99. The summed E-state index contributed by atoms with van der Waals surface area (Å²) < 4.78 is 8.81. The van der Waals surface area contributed by atoms with Gasteiger partial charge in [0.2, 0.25) is 0 Å². The van der Waals surface area contributed by atoms with E-state index in [0.717, 1.165) is 16.7 Å². The molecule has 0 radical (unpaired) electrons. The number of phenols is 1. The smallest absolute Gasteiger partial charge is 0.338 e. The standard InChI is InChI=1S/C24H20I2N2O4S/c1-4-32-23(31)19-13(3)27-24-28(20(19)15-7-5-12(2)6-8-15)22(30)18(33-24)11-14-9-16(25)21(29)17(26)10-14/h5-11,20,29H,4H2,1-3H3/b18-11-/t20-/m0/s1. The van der Waals surface area contributed by atoms with Gasteiger partial charge in [-0.25, -0.2) is 9.79 Å². The Morgan fingerprint density at radius 1 is 1.21 bits per heavy atom. The average molecular weight is 686 g/mol. The van der Waals surface area contributed by atoms with E-state index in [2.05, 4.69) is 50.2 Å². The molecule has 33 heavy (non-hydrogen) atoms. The van der Waals surface area contributed by atoms with Gasteiger partial charge in [0, 0.05) is 0 Å². The van der Waals surface area contributed by atoms with Crippen LogP contribution < -0.4 is 14.9 Å². The maximum atomic E-state index is 13.6. The number of halogens is 2. The molecule has 0 saturated heterocycles. The minimum Gasteiger partial charge on any atom is -0.506 e. The van der Waals surface area contributed by atoms with Crippen LogP contribution in [0.3, 0.4) is 0 Å². The zero-order valence-electron chi connectivity index (χ0n) is 18.1. The van der Waals surface area contributed by atoms with Crippen molar-refractivity contribution in [3.63, 3.8) is 0 Å². The van der Waals surface area contributed by atoms with Gasteiger partial charge in [0.1, 0.15) is 5.75 Å². The van der Waals surface area contributed by atoms with E-state index in [1.54, 1.807) is 24.5 Å². The van der Waals surface area contributed by atoms with E-state index < -0.39 is 12.0 Å². The Morgan fingerprint density at radius 3 is 2.45 bits per heavy atom. The number of benzene rings is 2. The lowest BCUT2D eigenvalue weighted by Crippen LogP contribution is -2.39. The molecular weight excluding hydrogens is 666 g/mol. The fourth-order valence-electron chi connectivity index (χ4n) is 3.68. The maximum Gasteiger partial charge on any atom is 0.338 e. The van der Waals surface area contributed by atoms with Gasteiger partial charge in [0.15, 0.2) is 4.80 Å². The monoisotopic (exact) mass is 686 g/mol. The van der Waals surface area contributed by atoms with Crippen molar-refractivity contribution in [2.45, 2.75) is 26.8 Å². The molecule has 6 nitrogen and oxygen atoms in total. The number of allylic oxidation sites excluding steroid dienone is 1. The summed E-state index contributed by atoms with van der Waals surface area (Å²) in [5.41, 5.74) is 3.39. The van der Waals surface area contributed by atoms with Crippen molar-refractivity contribution in [1.82, 2.24) is 4.57 Å². The first-order valence-electron chi connectivity index (χ1n) is 10.2. The Bertz CT molecular complexity index is 1450. The first-order valence-corrected chi connectivity index (χ1v) is 13.1. The first-order chi connectivity index (χ1) is 15.7. The van der Waals surface area contributed by atoms with E-state index in [4.69, 9.17) is 4.74 Å². The molecule has 1 aliphatic heterocycles. The number of rotatable bonds is 4. The van der Waals surface area contributed by atoms with E-state index in [1.807, 2.05) is 43.3 Å². The number of ether oxygens (including phenoxy) is 1. The number of fused-ring (bicyclic) bond motifs is 1. The number of aromatic hydroxyl groups is 1. The van der Waals surface area contributed by atoms with E-state index in [-0.39, 0.29) is 17.9 Å². The molecule has 1 N–H and O–H groups in total. The molecular formula is C24H20I2N2O4S. The number of esters is 1. The highest BCUT2D eigenvalue weighted by atomic mass is 127. The molecule has 0 fully saturated rings. The summed E-state index contributed by atoms with van der Waals surface area (Å²) in [5, 5.41) is 10.1. The summed E-state index contributed by atoms with van der Waals surface area (Å²) >= 11 is 5.41. The SMILES string of the molecule is CCOC(=O)C1=C(C)N=c2s/c(=C\c3cc(I)c(O)c(I)c3)c(=O)n2[C@H]1c1ccc(C)cc1. The van der Waals surface area contributed by atoms with Crippen molar-refractivity contribution >= 4 is 68.6 Å². The summed E-state index contributed by atoms with van der Waals surface area (Å²) in [6.45, 7) is 5.75. The number of carbonyl (C=O) groups is 1. The molecule has 0 aliphatic carbocycles. The normalized spacial score (nSPS) is 15.9. The molecule has 4 rings (SSSR count). The molecule has 1 aromatic heterocycles. The Labute approximate surface area is 221 Å². The molecule has 1 atom stereocenters. The van der Waals surface area contributed by atoms with Gasteiger partial charge in [-0.3, -0.25) is 9.36 Å². The fraction of sp³-hybridized carbons (Fsp3) is 0.208. The zero-order chi connectivity index (χ0) is 23.9. The minimum atomic E-state index is -0.622. The fourth-order valence-corrected chi connectivity index (χ4v) is 6.54. The van der Waals surface area contributed by atoms with Crippen molar-refractivity contribution in [2.75, 3.05) is 6.61 Å². The lowest BCUT2D eigenvalue weighted by Gasteiger charge is -2.24.